The molecule has 3 nitrogen and oxygen atoms in total. The van der Waals surface area contributed by atoms with Crippen molar-refractivity contribution >= 4 is 5.97 Å². The van der Waals surface area contributed by atoms with E-state index in [0.29, 0.717) is 6.04 Å². The van der Waals surface area contributed by atoms with Gasteiger partial charge in [-0.1, -0.05) is 0 Å². The van der Waals surface area contributed by atoms with E-state index in [9.17, 15) is 4.79 Å². The summed E-state index contributed by atoms with van der Waals surface area (Å²) in [4.78, 5) is 10.7. The van der Waals surface area contributed by atoms with Gasteiger partial charge in [0.2, 0.25) is 0 Å². The summed E-state index contributed by atoms with van der Waals surface area (Å²) >= 11 is 0. The standard InChI is InChI=1S/C7H11NO2/c9-6(10)7-2-1-3-8-5(7)4-7/h5,8H,1-4H2,(H,9,10)/t5-,7-/m1/s1. The minimum Gasteiger partial charge on any atom is -0.481 e. The Balaban J connectivity index is 2.12. The second kappa shape index (κ2) is 1.72. The third-order valence-corrected chi connectivity index (χ3v) is 2.69. The number of carbonyl (C=O) groups is 1. The summed E-state index contributed by atoms with van der Waals surface area (Å²) in [6.07, 6.45) is 2.74. The Morgan fingerprint density at radius 1 is 1.70 bits per heavy atom. The first-order chi connectivity index (χ1) is 4.76. The minimum absolute atomic E-state index is 0.291. The molecule has 56 valence electrons. The molecule has 1 heterocycles. The van der Waals surface area contributed by atoms with Crippen LogP contribution in [0.2, 0.25) is 0 Å². The summed E-state index contributed by atoms with van der Waals surface area (Å²) in [5.74, 6) is -0.607. The summed E-state index contributed by atoms with van der Waals surface area (Å²) < 4.78 is 0. The first kappa shape index (κ1) is 6.16. The Morgan fingerprint density at radius 2 is 2.50 bits per heavy atom. The van der Waals surface area contributed by atoms with Crippen LogP contribution in [0.15, 0.2) is 0 Å². The van der Waals surface area contributed by atoms with Crippen molar-refractivity contribution < 1.29 is 9.90 Å². The molecule has 0 aromatic rings. The SMILES string of the molecule is O=C(O)[C@@]12CCCN[C@@H]1C2. The van der Waals surface area contributed by atoms with Crippen LogP contribution in [0.3, 0.4) is 0 Å². The average molecular weight is 141 g/mol. The predicted octanol–water partition coefficient (Wildman–Crippen LogP) is 0.213. The molecule has 2 aliphatic rings. The van der Waals surface area contributed by atoms with Crippen LogP contribution in [-0.2, 0) is 4.79 Å². The molecule has 1 aliphatic carbocycles. The number of hydrogen-bond acceptors (Lipinski definition) is 2. The lowest BCUT2D eigenvalue weighted by Gasteiger charge is -2.17. The summed E-state index contributed by atoms with van der Waals surface area (Å²) in [5.41, 5.74) is -0.349. The van der Waals surface area contributed by atoms with Crippen molar-refractivity contribution in [1.29, 1.82) is 0 Å². The van der Waals surface area contributed by atoms with E-state index in [4.69, 9.17) is 5.11 Å². The third kappa shape index (κ3) is 0.611. The number of carboxylic acid groups (broad SMARTS) is 1. The second-order valence-electron chi connectivity index (χ2n) is 3.28. The molecule has 1 saturated heterocycles. The second-order valence-corrected chi connectivity index (χ2v) is 3.28. The average Bonchev–Trinajstić information content (AvgIpc) is 2.61. The molecule has 1 aliphatic heterocycles. The number of hydrogen-bond donors (Lipinski definition) is 2. The van der Waals surface area contributed by atoms with Crippen LogP contribution in [0.4, 0.5) is 0 Å². The molecule has 10 heavy (non-hydrogen) atoms. The molecule has 0 spiro atoms. The van der Waals surface area contributed by atoms with Crippen molar-refractivity contribution in [2.45, 2.75) is 25.3 Å². The molecule has 0 bridgehead atoms. The molecule has 2 atom stereocenters. The van der Waals surface area contributed by atoms with Crippen LogP contribution in [0, 0.1) is 5.41 Å². The third-order valence-electron chi connectivity index (χ3n) is 2.69. The zero-order valence-electron chi connectivity index (χ0n) is 5.76. The van der Waals surface area contributed by atoms with Gasteiger partial charge in [-0.25, -0.2) is 0 Å². The molecule has 0 aromatic carbocycles. The highest BCUT2D eigenvalue weighted by atomic mass is 16.4. The minimum atomic E-state index is -0.607. The van der Waals surface area contributed by atoms with Gasteiger partial charge in [0.15, 0.2) is 0 Å². The van der Waals surface area contributed by atoms with Crippen molar-refractivity contribution in [1.82, 2.24) is 5.32 Å². The molecule has 0 amide bonds. The molecular formula is C7H11NO2. The van der Waals surface area contributed by atoms with Crippen LogP contribution in [0.25, 0.3) is 0 Å². The number of nitrogens with one attached hydrogen (secondary N) is 1. The van der Waals surface area contributed by atoms with Crippen LogP contribution in [0.5, 0.6) is 0 Å². The molecule has 2 fully saturated rings. The van der Waals surface area contributed by atoms with Crippen molar-refractivity contribution in [3.05, 3.63) is 0 Å². The van der Waals surface area contributed by atoms with Gasteiger partial charge >= 0.3 is 5.97 Å². The largest absolute Gasteiger partial charge is 0.481 e. The Morgan fingerprint density at radius 3 is 3.00 bits per heavy atom. The van der Waals surface area contributed by atoms with E-state index in [1.54, 1.807) is 0 Å². The van der Waals surface area contributed by atoms with Gasteiger partial charge < -0.3 is 10.4 Å². The van der Waals surface area contributed by atoms with Gasteiger partial charge in [-0.05, 0) is 25.8 Å². The van der Waals surface area contributed by atoms with E-state index in [2.05, 4.69) is 5.32 Å². The Labute approximate surface area is 59.4 Å². The first-order valence-electron chi connectivity index (χ1n) is 3.72. The maximum Gasteiger partial charge on any atom is 0.311 e. The molecule has 0 radical (unpaired) electrons. The lowest BCUT2D eigenvalue weighted by atomic mass is 9.97. The highest BCUT2D eigenvalue weighted by Crippen LogP contribution is 2.51. The van der Waals surface area contributed by atoms with Crippen molar-refractivity contribution in [2.24, 2.45) is 5.41 Å². The fraction of sp³-hybridized carbons (Fsp3) is 0.857. The van der Waals surface area contributed by atoms with Gasteiger partial charge in [0, 0.05) is 6.04 Å². The van der Waals surface area contributed by atoms with E-state index in [1.165, 1.54) is 0 Å². The molecule has 0 unspecified atom stereocenters. The van der Waals surface area contributed by atoms with Gasteiger partial charge in [-0.15, -0.1) is 0 Å². The number of piperidine rings is 1. The molecule has 2 N–H and O–H groups in total. The maximum absolute atomic E-state index is 10.7. The predicted molar refractivity (Wildman–Crippen MR) is 35.7 cm³/mol. The highest BCUT2D eigenvalue weighted by Gasteiger charge is 2.60. The van der Waals surface area contributed by atoms with E-state index in [-0.39, 0.29) is 5.41 Å². The fourth-order valence-electron chi connectivity index (χ4n) is 1.87. The Hall–Kier alpha value is -0.570. The van der Waals surface area contributed by atoms with Gasteiger partial charge in [0.25, 0.3) is 0 Å². The number of carboxylic acids is 1. The molecule has 2 rings (SSSR count). The zero-order valence-corrected chi connectivity index (χ0v) is 5.76. The molecular weight excluding hydrogens is 130 g/mol. The van der Waals surface area contributed by atoms with E-state index >= 15 is 0 Å². The summed E-state index contributed by atoms with van der Waals surface area (Å²) in [6.45, 7) is 1.000. The number of aliphatic carboxylic acids is 1. The Bertz CT molecular complexity index is 180. The smallest absolute Gasteiger partial charge is 0.311 e. The van der Waals surface area contributed by atoms with Crippen molar-refractivity contribution in [3.63, 3.8) is 0 Å². The van der Waals surface area contributed by atoms with Gasteiger partial charge in [-0.2, -0.15) is 0 Å². The van der Waals surface area contributed by atoms with Crippen LogP contribution < -0.4 is 5.32 Å². The lowest BCUT2D eigenvalue weighted by molar-refractivity contribution is -0.144. The van der Waals surface area contributed by atoms with Crippen molar-refractivity contribution in [2.75, 3.05) is 6.54 Å². The van der Waals surface area contributed by atoms with E-state index in [1.807, 2.05) is 0 Å². The first-order valence-corrected chi connectivity index (χ1v) is 3.72. The molecule has 0 aromatic heterocycles. The van der Waals surface area contributed by atoms with Gasteiger partial charge in [0.05, 0.1) is 5.41 Å². The van der Waals surface area contributed by atoms with Gasteiger partial charge in [0.1, 0.15) is 0 Å². The number of fused-ring (bicyclic) bond motifs is 1. The molecule has 1 saturated carbocycles. The van der Waals surface area contributed by atoms with Gasteiger partial charge in [-0.3, -0.25) is 4.79 Å². The summed E-state index contributed by atoms with van der Waals surface area (Å²) in [5, 5.41) is 12.0. The monoisotopic (exact) mass is 141 g/mol. The van der Waals surface area contributed by atoms with E-state index in [0.717, 1.165) is 25.8 Å². The maximum atomic E-state index is 10.7. The van der Waals surface area contributed by atoms with E-state index < -0.39 is 5.97 Å². The van der Waals surface area contributed by atoms with Crippen LogP contribution in [0.1, 0.15) is 19.3 Å². The quantitative estimate of drug-likeness (QED) is 0.549. The van der Waals surface area contributed by atoms with Crippen LogP contribution in [-0.4, -0.2) is 23.7 Å². The summed E-state index contributed by atoms with van der Waals surface area (Å²) in [6, 6.07) is 0.291. The Kier molecular flexibility index (Phi) is 1.06. The lowest BCUT2D eigenvalue weighted by Crippen LogP contribution is -2.34. The summed E-state index contributed by atoms with van der Waals surface area (Å²) in [7, 11) is 0. The highest BCUT2D eigenvalue weighted by molar-refractivity contribution is 5.79. The normalized spacial score (nSPS) is 44.2. The number of rotatable bonds is 1. The fourth-order valence-corrected chi connectivity index (χ4v) is 1.87. The van der Waals surface area contributed by atoms with Crippen LogP contribution >= 0.6 is 0 Å². The zero-order chi connectivity index (χ0) is 7.19. The molecule has 3 heteroatoms. The van der Waals surface area contributed by atoms with Crippen molar-refractivity contribution in [3.8, 4) is 0 Å². The topological polar surface area (TPSA) is 49.3 Å².